The van der Waals surface area contributed by atoms with E-state index in [0.717, 1.165) is 17.0 Å². The van der Waals surface area contributed by atoms with E-state index < -0.39 is 0 Å². The minimum Gasteiger partial charge on any atom is -0.497 e. The van der Waals surface area contributed by atoms with Crippen molar-refractivity contribution in [2.75, 3.05) is 7.11 Å². The van der Waals surface area contributed by atoms with Crippen LogP contribution in [0.25, 0.3) is 0 Å². The zero-order valence-corrected chi connectivity index (χ0v) is 10.3. The molecule has 0 saturated heterocycles. The highest BCUT2D eigenvalue weighted by molar-refractivity contribution is 5.78. The topological polar surface area (TPSA) is 54.1 Å². The van der Waals surface area contributed by atoms with E-state index in [1.807, 2.05) is 42.6 Å². The van der Waals surface area contributed by atoms with E-state index in [1.54, 1.807) is 7.11 Å². The molecule has 0 atom stereocenters. The van der Waals surface area contributed by atoms with Gasteiger partial charge in [0.05, 0.1) is 20.1 Å². The van der Waals surface area contributed by atoms with Crippen LogP contribution in [0.5, 0.6) is 5.75 Å². The highest BCUT2D eigenvalue weighted by Crippen LogP contribution is 2.11. The molecular formula is C14H16N2O2. The Hall–Kier alpha value is -2.23. The lowest BCUT2D eigenvalue weighted by molar-refractivity contribution is -0.120. The van der Waals surface area contributed by atoms with Gasteiger partial charge in [0.25, 0.3) is 0 Å². The molecule has 0 unspecified atom stereocenters. The van der Waals surface area contributed by atoms with Crippen molar-refractivity contribution in [2.45, 2.75) is 13.0 Å². The van der Waals surface area contributed by atoms with Crippen molar-refractivity contribution in [3.05, 3.63) is 53.9 Å². The van der Waals surface area contributed by atoms with E-state index in [1.165, 1.54) is 0 Å². The molecule has 2 N–H and O–H groups in total. The van der Waals surface area contributed by atoms with Crippen LogP contribution in [0.4, 0.5) is 0 Å². The van der Waals surface area contributed by atoms with Crippen LogP contribution in [0.15, 0.2) is 42.6 Å². The third-order valence-electron chi connectivity index (χ3n) is 2.66. The van der Waals surface area contributed by atoms with Crippen molar-refractivity contribution in [1.82, 2.24) is 10.3 Å². The standard InChI is InChI=1S/C14H16N2O2/c1-18-13-6-4-11(5-7-13)9-14(17)16-10-12-3-2-8-15-12/h2-8,15H,9-10H2,1H3,(H,16,17). The number of benzene rings is 1. The number of aromatic nitrogens is 1. The van der Waals surface area contributed by atoms with Crippen LogP contribution in [0.1, 0.15) is 11.3 Å². The zero-order valence-electron chi connectivity index (χ0n) is 10.3. The van der Waals surface area contributed by atoms with Crippen molar-refractivity contribution in [2.24, 2.45) is 0 Å². The Labute approximate surface area is 106 Å². The van der Waals surface area contributed by atoms with Crippen LogP contribution in [0.3, 0.4) is 0 Å². The molecule has 0 fully saturated rings. The predicted octanol–water partition coefficient (Wildman–Crippen LogP) is 1.88. The Morgan fingerprint density at radius 2 is 2.06 bits per heavy atom. The molecule has 0 aliphatic heterocycles. The average molecular weight is 244 g/mol. The first kappa shape index (κ1) is 12.2. The molecule has 1 aromatic heterocycles. The Morgan fingerprint density at radius 3 is 2.67 bits per heavy atom. The summed E-state index contributed by atoms with van der Waals surface area (Å²) in [5, 5.41) is 2.86. The Balaban J connectivity index is 1.83. The molecule has 2 rings (SSSR count). The SMILES string of the molecule is COc1ccc(CC(=O)NCc2ccc[nH]2)cc1. The molecule has 18 heavy (non-hydrogen) atoms. The molecule has 2 aromatic rings. The van der Waals surface area contributed by atoms with Crippen molar-refractivity contribution in [3.8, 4) is 5.75 Å². The molecule has 0 spiro atoms. The molecular weight excluding hydrogens is 228 g/mol. The maximum atomic E-state index is 11.7. The lowest BCUT2D eigenvalue weighted by Gasteiger charge is -2.05. The lowest BCUT2D eigenvalue weighted by atomic mass is 10.1. The highest BCUT2D eigenvalue weighted by Gasteiger charge is 2.03. The summed E-state index contributed by atoms with van der Waals surface area (Å²) in [4.78, 5) is 14.7. The summed E-state index contributed by atoms with van der Waals surface area (Å²) in [5.41, 5.74) is 1.97. The summed E-state index contributed by atoms with van der Waals surface area (Å²) in [7, 11) is 1.62. The van der Waals surface area contributed by atoms with E-state index in [2.05, 4.69) is 10.3 Å². The number of aromatic amines is 1. The first-order chi connectivity index (χ1) is 8.78. The number of ether oxygens (including phenoxy) is 1. The van der Waals surface area contributed by atoms with Gasteiger partial charge in [-0.3, -0.25) is 4.79 Å². The number of rotatable bonds is 5. The van der Waals surface area contributed by atoms with Crippen LogP contribution in [-0.2, 0) is 17.8 Å². The largest absolute Gasteiger partial charge is 0.497 e. The first-order valence-electron chi connectivity index (χ1n) is 5.80. The normalized spacial score (nSPS) is 10.1. The van der Waals surface area contributed by atoms with Gasteiger partial charge < -0.3 is 15.0 Å². The highest BCUT2D eigenvalue weighted by atomic mass is 16.5. The van der Waals surface area contributed by atoms with Crippen LogP contribution in [0, 0.1) is 0 Å². The quantitative estimate of drug-likeness (QED) is 0.843. The van der Waals surface area contributed by atoms with Crippen LogP contribution >= 0.6 is 0 Å². The molecule has 0 radical (unpaired) electrons. The second-order valence-corrected chi connectivity index (χ2v) is 4.00. The molecule has 1 amide bonds. The van der Waals surface area contributed by atoms with Crippen molar-refractivity contribution < 1.29 is 9.53 Å². The van der Waals surface area contributed by atoms with Crippen molar-refractivity contribution in [1.29, 1.82) is 0 Å². The van der Waals surface area contributed by atoms with Crippen LogP contribution in [0.2, 0.25) is 0 Å². The number of hydrogen-bond acceptors (Lipinski definition) is 2. The summed E-state index contributed by atoms with van der Waals surface area (Å²) in [6, 6.07) is 11.3. The summed E-state index contributed by atoms with van der Waals surface area (Å²) in [6.07, 6.45) is 2.22. The molecule has 94 valence electrons. The fraction of sp³-hybridized carbons (Fsp3) is 0.214. The van der Waals surface area contributed by atoms with E-state index >= 15 is 0 Å². The van der Waals surface area contributed by atoms with Gasteiger partial charge in [-0.2, -0.15) is 0 Å². The first-order valence-corrected chi connectivity index (χ1v) is 5.80. The number of nitrogens with one attached hydrogen (secondary N) is 2. The molecule has 0 bridgehead atoms. The van der Waals surface area contributed by atoms with Gasteiger partial charge in [-0.05, 0) is 29.8 Å². The summed E-state index contributed by atoms with van der Waals surface area (Å²) in [5.74, 6) is 0.806. The summed E-state index contributed by atoms with van der Waals surface area (Å²) < 4.78 is 5.07. The van der Waals surface area contributed by atoms with Gasteiger partial charge in [-0.15, -0.1) is 0 Å². The number of methoxy groups -OCH3 is 1. The summed E-state index contributed by atoms with van der Waals surface area (Å²) in [6.45, 7) is 0.530. The maximum Gasteiger partial charge on any atom is 0.224 e. The molecule has 0 aliphatic carbocycles. The van der Waals surface area contributed by atoms with Crippen molar-refractivity contribution >= 4 is 5.91 Å². The smallest absolute Gasteiger partial charge is 0.224 e. The Kier molecular flexibility index (Phi) is 4.02. The monoisotopic (exact) mass is 244 g/mol. The molecule has 4 heteroatoms. The second kappa shape index (κ2) is 5.91. The van der Waals surface area contributed by atoms with Gasteiger partial charge in [0, 0.05) is 11.9 Å². The minimum atomic E-state index is 0.00904. The van der Waals surface area contributed by atoms with Gasteiger partial charge in [-0.25, -0.2) is 0 Å². The number of H-pyrrole nitrogens is 1. The predicted molar refractivity (Wildman–Crippen MR) is 69.3 cm³/mol. The van der Waals surface area contributed by atoms with Gasteiger partial charge >= 0.3 is 0 Å². The zero-order chi connectivity index (χ0) is 12.8. The number of hydrogen-bond donors (Lipinski definition) is 2. The van der Waals surface area contributed by atoms with E-state index in [0.29, 0.717) is 13.0 Å². The van der Waals surface area contributed by atoms with Gasteiger partial charge in [0.15, 0.2) is 0 Å². The van der Waals surface area contributed by atoms with E-state index in [4.69, 9.17) is 4.74 Å². The maximum absolute atomic E-state index is 11.7. The fourth-order valence-electron chi connectivity index (χ4n) is 1.66. The van der Waals surface area contributed by atoms with Gasteiger partial charge in [0.2, 0.25) is 5.91 Å². The molecule has 0 saturated carbocycles. The van der Waals surface area contributed by atoms with Crippen LogP contribution in [-0.4, -0.2) is 18.0 Å². The van der Waals surface area contributed by atoms with E-state index in [-0.39, 0.29) is 5.91 Å². The van der Waals surface area contributed by atoms with Crippen LogP contribution < -0.4 is 10.1 Å². The minimum absolute atomic E-state index is 0.00904. The third kappa shape index (κ3) is 3.38. The second-order valence-electron chi connectivity index (χ2n) is 4.00. The molecule has 0 aliphatic rings. The summed E-state index contributed by atoms with van der Waals surface area (Å²) >= 11 is 0. The van der Waals surface area contributed by atoms with Gasteiger partial charge in [-0.1, -0.05) is 12.1 Å². The average Bonchev–Trinajstić information content (AvgIpc) is 2.90. The fourth-order valence-corrected chi connectivity index (χ4v) is 1.66. The van der Waals surface area contributed by atoms with Gasteiger partial charge in [0.1, 0.15) is 5.75 Å². The van der Waals surface area contributed by atoms with E-state index in [9.17, 15) is 4.79 Å². The lowest BCUT2D eigenvalue weighted by Crippen LogP contribution is -2.24. The molecule has 1 heterocycles. The van der Waals surface area contributed by atoms with Crippen molar-refractivity contribution in [3.63, 3.8) is 0 Å². The third-order valence-corrected chi connectivity index (χ3v) is 2.66. The number of carbonyl (C=O) groups is 1. The molecule has 4 nitrogen and oxygen atoms in total. The number of carbonyl (C=O) groups excluding carboxylic acids is 1. The molecule has 1 aromatic carbocycles. The number of amides is 1. The Bertz CT molecular complexity index is 489. The Morgan fingerprint density at radius 1 is 1.28 bits per heavy atom.